The van der Waals surface area contributed by atoms with Gasteiger partial charge >= 0.3 is 0 Å². The molecule has 0 radical (unpaired) electrons. The minimum atomic E-state index is -0.0125. The molecular weight excluding hydrogens is 264 g/mol. The third-order valence-corrected chi connectivity index (χ3v) is 3.84. The first-order valence-corrected chi connectivity index (χ1v) is 7.45. The fourth-order valence-electron chi connectivity index (χ4n) is 2.75. The molecule has 1 aliphatic rings. The minimum absolute atomic E-state index is 0.0125. The number of benzene rings is 1. The standard InChI is InChI=1S/C16H20N4O/c21-16(12-17-13-6-1-2-7-13)19-14-8-3-4-9-15(14)20-11-5-10-18-20/h3-5,8-11,13,17H,1-2,6-7,12H2,(H,19,21). The van der Waals surface area contributed by atoms with Crippen molar-refractivity contribution in [1.82, 2.24) is 15.1 Å². The summed E-state index contributed by atoms with van der Waals surface area (Å²) in [4.78, 5) is 12.1. The molecular formula is C16H20N4O. The summed E-state index contributed by atoms with van der Waals surface area (Å²) in [6.45, 7) is 0.359. The Morgan fingerprint density at radius 1 is 1.24 bits per heavy atom. The molecule has 0 spiro atoms. The summed E-state index contributed by atoms with van der Waals surface area (Å²) >= 11 is 0. The highest BCUT2D eigenvalue weighted by atomic mass is 16.1. The molecule has 1 saturated carbocycles. The number of carbonyl (C=O) groups excluding carboxylic acids is 1. The Balaban J connectivity index is 1.63. The van der Waals surface area contributed by atoms with Gasteiger partial charge in [-0.3, -0.25) is 4.79 Å². The number of nitrogens with one attached hydrogen (secondary N) is 2. The van der Waals surface area contributed by atoms with Crippen molar-refractivity contribution in [3.63, 3.8) is 0 Å². The Hall–Kier alpha value is -2.14. The lowest BCUT2D eigenvalue weighted by atomic mass is 10.2. The molecule has 0 saturated heterocycles. The predicted octanol–water partition coefficient (Wildman–Crippen LogP) is 2.34. The van der Waals surface area contributed by atoms with Crippen molar-refractivity contribution in [2.75, 3.05) is 11.9 Å². The Morgan fingerprint density at radius 3 is 2.81 bits per heavy atom. The van der Waals surface area contributed by atoms with Crippen LogP contribution in [0.3, 0.4) is 0 Å². The van der Waals surface area contributed by atoms with Crippen LogP contribution in [0.1, 0.15) is 25.7 Å². The second-order valence-electron chi connectivity index (χ2n) is 5.38. The molecule has 5 heteroatoms. The van der Waals surface area contributed by atoms with Gasteiger partial charge in [0, 0.05) is 18.4 Å². The molecule has 1 aromatic carbocycles. The Bertz CT molecular complexity index is 588. The van der Waals surface area contributed by atoms with Crippen LogP contribution < -0.4 is 10.6 Å². The second-order valence-corrected chi connectivity index (χ2v) is 5.38. The molecule has 2 aromatic rings. The van der Waals surface area contributed by atoms with E-state index in [2.05, 4.69) is 15.7 Å². The van der Waals surface area contributed by atoms with Crippen LogP contribution in [0.2, 0.25) is 0 Å². The average Bonchev–Trinajstić information content (AvgIpc) is 3.19. The highest BCUT2D eigenvalue weighted by Gasteiger charge is 2.15. The maximum absolute atomic E-state index is 12.1. The Kier molecular flexibility index (Phi) is 4.31. The van der Waals surface area contributed by atoms with E-state index in [9.17, 15) is 4.79 Å². The van der Waals surface area contributed by atoms with E-state index >= 15 is 0 Å². The Labute approximate surface area is 124 Å². The smallest absolute Gasteiger partial charge is 0.238 e. The largest absolute Gasteiger partial charge is 0.323 e. The zero-order valence-electron chi connectivity index (χ0n) is 12.0. The van der Waals surface area contributed by atoms with Gasteiger partial charge in [0.15, 0.2) is 0 Å². The molecule has 21 heavy (non-hydrogen) atoms. The summed E-state index contributed by atoms with van der Waals surface area (Å²) in [6, 6.07) is 10.0. The van der Waals surface area contributed by atoms with Gasteiger partial charge in [0.05, 0.1) is 17.9 Å². The monoisotopic (exact) mass is 284 g/mol. The summed E-state index contributed by atoms with van der Waals surface area (Å²) in [5.41, 5.74) is 1.65. The number of nitrogens with zero attached hydrogens (tertiary/aromatic N) is 2. The average molecular weight is 284 g/mol. The van der Waals surface area contributed by atoms with Crippen LogP contribution in [0.4, 0.5) is 5.69 Å². The van der Waals surface area contributed by atoms with Crippen molar-refractivity contribution in [3.8, 4) is 5.69 Å². The number of para-hydroxylation sites is 2. The molecule has 1 fully saturated rings. The zero-order chi connectivity index (χ0) is 14.5. The van der Waals surface area contributed by atoms with Gasteiger partial charge in [0.2, 0.25) is 5.91 Å². The SMILES string of the molecule is O=C(CNC1CCCC1)Nc1ccccc1-n1cccn1. The van der Waals surface area contributed by atoms with E-state index < -0.39 is 0 Å². The topological polar surface area (TPSA) is 59.0 Å². The quantitative estimate of drug-likeness (QED) is 0.886. The van der Waals surface area contributed by atoms with Crippen molar-refractivity contribution >= 4 is 11.6 Å². The number of aromatic nitrogens is 2. The van der Waals surface area contributed by atoms with Crippen molar-refractivity contribution in [2.45, 2.75) is 31.7 Å². The Morgan fingerprint density at radius 2 is 2.05 bits per heavy atom. The molecule has 0 aliphatic heterocycles. The van der Waals surface area contributed by atoms with Crippen LogP contribution in [-0.4, -0.2) is 28.3 Å². The summed E-state index contributed by atoms with van der Waals surface area (Å²) in [5.74, 6) is -0.0125. The lowest BCUT2D eigenvalue weighted by Crippen LogP contribution is -2.34. The lowest BCUT2D eigenvalue weighted by Gasteiger charge is -2.13. The fraction of sp³-hybridized carbons (Fsp3) is 0.375. The van der Waals surface area contributed by atoms with Gasteiger partial charge in [-0.2, -0.15) is 5.10 Å². The van der Waals surface area contributed by atoms with E-state index in [1.54, 1.807) is 10.9 Å². The molecule has 1 heterocycles. The first kappa shape index (κ1) is 13.8. The summed E-state index contributed by atoms with van der Waals surface area (Å²) in [7, 11) is 0. The predicted molar refractivity (Wildman–Crippen MR) is 82.5 cm³/mol. The van der Waals surface area contributed by atoms with Gasteiger partial charge in [-0.15, -0.1) is 0 Å². The minimum Gasteiger partial charge on any atom is -0.323 e. The van der Waals surface area contributed by atoms with Crippen LogP contribution >= 0.6 is 0 Å². The van der Waals surface area contributed by atoms with Crippen molar-refractivity contribution in [2.24, 2.45) is 0 Å². The van der Waals surface area contributed by atoms with Crippen molar-refractivity contribution in [3.05, 3.63) is 42.7 Å². The number of amides is 1. The summed E-state index contributed by atoms with van der Waals surface area (Å²) < 4.78 is 1.75. The van der Waals surface area contributed by atoms with E-state index in [1.165, 1.54) is 25.7 Å². The van der Waals surface area contributed by atoms with Crippen LogP contribution in [0.25, 0.3) is 5.69 Å². The summed E-state index contributed by atoms with van der Waals surface area (Å²) in [6.07, 6.45) is 8.47. The molecule has 1 amide bonds. The molecule has 2 N–H and O–H groups in total. The maximum atomic E-state index is 12.1. The highest BCUT2D eigenvalue weighted by molar-refractivity contribution is 5.94. The van der Waals surface area contributed by atoms with Gasteiger partial charge < -0.3 is 10.6 Å². The van der Waals surface area contributed by atoms with Crippen LogP contribution in [0, 0.1) is 0 Å². The summed E-state index contributed by atoms with van der Waals surface area (Å²) in [5, 5.41) is 10.5. The van der Waals surface area contributed by atoms with Gasteiger partial charge in [-0.05, 0) is 31.0 Å². The first-order chi connectivity index (χ1) is 10.3. The van der Waals surface area contributed by atoms with Crippen molar-refractivity contribution < 1.29 is 4.79 Å². The lowest BCUT2D eigenvalue weighted by molar-refractivity contribution is -0.115. The van der Waals surface area contributed by atoms with Crippen LogP contribution in [0.15, 0.2) is 42.7 Å². The van der Waals surface area contributed by atoms with Gasteiger partial charge in [0.25, 0.3) is 0 Å². The maximum Gasteiger partial charge on any atom is 0.238 e. The molecule has 0 atom stereocenters. The third kappa shape index (κ3) is 3.49. The molecule has 110 valence electrons. The number of hydrogen-bond donors (Lipinski definition) is 2. The fourth-order valence-corrected chi connectivity index (χ4v) is 2.75. The number of hydrogen-bond acceptors (Lipinski definition) is 3. The van der Waals surface area contributed by atoms with Gasteiger partial charge in [0.1, 0.15) is 0 Å². The number of anilines is 1. The van der Waals surface area contributed by atoms with E-state index in [4.69, 9.17) is 0 Å². The third-order valence-electron chi connectivity index (χ3n) is 3.84. The second kappa shape index (κ2) is 6.54. The van der Waals surface area contributed by atoms with E-state index in [0.717, 1.165) is 11.4 Å². The molecule has 0 bridgehead atoms. The van der Waals surface area contributed by atoms with E-state index in [0.29, 0.717) is 12.6 Å². The molecule has 5 nitrogen and oxygen atoms in total. The van der Waals surface area contributed by atoms with E-state index in [-0.39, 0.29) is 5.91 Å². The molecule has 0 unspecified atom stereocenters. The first-order valence-electron chi connectivity index (χ1n) is 7.45. The van der Waals surface area contributed by atoms with E-state index in [1.807, 2.05) is 36.5 Å². The van der Waals surface area contributed by atoms with Gasteiger partial charge in [-0.1, -0.05) is 25.0 Å². The molecule has 3 rings (SSSR count). The zero-order valence-corrected chi connectivity index (χ0v) is 12.0. The normalized spacial score (nSPS) is 15.2. The molecule has 1 aromatic heterocycles. The van der Waals surface area contributed by atoms with Gasteiger partial charge in [-0.25, -0.2) is 4.68 Å². The van der Waals surface area contributed by atoms with Crippen LogP contribution in [0.5, 0.6) is 0 Å². The highest BCUT2D eigenvalue weighted by Crippen LogP contribution is 2.19. The number of carbonyl (C=O) groups is 1. The number of rotatable bonds is 5. The van der Waals surface area contributed by atoms with Crippen molar-refractivity contribution in [1.29, 1.82) is 0 Å². The molecule has 1 aliphatic carbocycles. The van der Waals surface area contributed by atoms with Crippen LogP contribution in [-0.2, 0) is 4.79 Å².